The van der Waals surface area contributed by atoms with Crippen LogP contribution in [0.5, 0.6) is 0 Å². The summed E-state index contributed by atoms with van der Waals surface area (Å²) in [4.78, 5) is 29.0. The zero-order valence-corrected chi connectivity index (χ0v) is 11.1. The Labute approximate surface area is 112 Å². The third-order valence-electron chi connectivity index (χ3n) is 2.69. The number of nitrogens with zero attached hydrogens (tertiary/aromatic N) is 2. The van der Waals surface area contributed by atoms with Crippen LogP contribution in [0.4, 0.5) is 0 Å². The van der Waals surface area contributed by atoms with E-state index in [0.717, 1.165) is 0 Å². The molecule has 0 spiro atoms. The molecule has 1 aliphatic rings. The molecule has 18 heavy (non-hydrogen) atoms. The van der Waals surface area contributed by atoms with Crippen LogP contribution >= 0.6 is 15.9 Å². The highest BCUT2D eigenvalue weighted by Crippen LogP contribution is 2.14. The van der Waals surface area contributed by atoms with Gasteiger partial charge in [-0.15, -0.1) is 0 Å². The standard InChI is InChI=1S/C11H12BrN3O3/c12-9-5-7(1-2-14-9)11(17)15-3-4-18-6-8(15)10(13)16/h1-2,5,8H,3-4,6H2,(H2,13,16). The molecule has 1 saturated heterocycles. The lowest BCUT2D eigenvalue weighted by Gasteiger charge is -2.33. The molecule has 0 bridgehead atoms. The molecule has 1 aliphatic heterocycles. The first-order valence-corrected chi connectivity index (χ1v) is 6.18. The Bertz CT molecular complexity index is 480. The number of ether oxygens (including phenoxy) is 1. The highest BCUT2D eigenvalue weighted by molar-refractivity contribution is 9.10. The van der Waals surface area contributed by atoms with Crippen LogP contribution in [0, 0.1) is 0 Å². The molecule has 6 nitrogen and oxygen atoms in total. The summed E-state index contributed by atoms with van der Waals surface area (Å²) in [6, 6.07) is 2.49. The van der Waals surface area contributed by atoms with Gasteiger partial charge in [0.2, 0.25) is 5.91 Å². The molecule has 0 saturated carbocycles. The van der Waals surface area contributed by atoms with E-state index in [1.165, 1.54) is 11.1 Å². The van der Waals surface area contributed by atoms with Gasteiger partial charge < -0.3 is 15.4 Å². The molecule has 2 amide bonds. The number of hydrogen-bond acceptors (Lipinski definition) is 4. The molecule has 0 aromatic carbocycles. The van der Waals surface area contributed by atoms with Gasteiger partial charge in [-0.1, -0.05) is 0 Å². The molecule has 1 aromatic heterocycles. The molecular weight excluding hydrogens is 302 g/mol. The molecule has 2 heterocycles. The van der Waals surface area contributed by atoms with E-state index in [1.54, 1.807) is 12.1 Å². The van der Waals surface area contributed by atoms with Gasteiger partial charge in [0.05, 0.1) is 13.2 Å². The van der Waals surface area contributed by atoms with Crippen molar-refractivity contribution in [1.29, 1.82) is 0 Å². The Morgan fingerprint density at radius 2 is 2.33 bits per heavy atom. The fourth-order valence-electron chi connectivity index (χ4n) is 1.78. The summed E-state index contributed by atoms with van der Waals surface area (Å²) in [7, 11) is 0. The van der Waals surface area contributed by atoms with Gasteiger partial charge in [-0.25, -0.2) is 4.98 Å². The predicted octanol–water partition coefficient (Wildman–Crippen LogP) is 0.170. The second kappa shape index (κ2) is 5.45. The van der Waals surface area contributed by atoms with Crippen molar-refractivity contribution in [2.24, 2.45) is 5.73 Å². The number of amides is 2. The van der Waals surface area contributed by atoms with Gasteiger partial charge >= 0.3 is 0 Å². The first kappa shape index (κ1) is 13.0. The predicted molar refractivity (Wildman–Crippen MR) is 66.8 cm³/mol. The van der Waals surface area contributed by atoms with E-state index in [4.69, 9.17) is 10.5 Å². The molecule has 1 aromatic rings. The van der Waals surface area contributed by atoms with Crippen molar-refractivity contribution in [2.45, 2.75) is 6.04 Å². The molecule has 7 heteroatoms. The Hall–Kier alpha value is -1.47. The fraction of sp³-hybridized carbons (Fsp3) is 0.364. The van der Waals surface area contributed by atoms with Crippen LogP contribution < -0.4 is 5.73 Å². The maximum Gasteiger partial charge on any atom is 0.254 e. The summed E-state index contributed by atoms with van der Waals surface area (Å²) in [5, 5.41) is 0. The maximum atomic E-state index is 12.3. The zero-order valence-electron chi connectivity index (χ0n) is 9.51. The number of pyridine rings is 1. The molecular formula is C11H12BrN3O3. The van der Waals surface area contributed by atoms with Crippen LogP contribution in [0.15, 0.2) is 22.9 Å². The van der Waals surface area contributed by atoms with Crippen molar-refractivity contribution in [1.82, 2.24) is 9.88 Å². The zero-order chi connectivity index (χ0) is 13.1. The lowest BCUT2D eigenvalue weighted by molar-refractivity contribution is -0.127. The topological polar surface area (TPSA) is 85.5 Å². The van der Waals surface area contributed by atoms with Gasteiger partial charge in [0.1, 0.15) is 10.6 Å². The number of hydrogen-bond donors (Lipinski definition) is 1. The Kier molecular flexibility index (Phi) is 3.93. The Morgan fingerprint density at radius 3 is 3.00 bits per heavy atom. The largest absolute Gasteiger partial charge is 0.377 e. The van der Waals surface area contributed by atoms with Gasteiger partial charge in [-0.3, -0.25) is 9.59 Å². The van der Waals surface area contributed by atoms with Crippen molar-refractivity contribution in [2.75, 3.05) is 19.8 Å². The van der Waals surface area contributed by atoms with Gasteiger partial charge in [0.15, 0.2) is 0 Å². The average molecular weight is 314 g/mol. The Balaban J connectivity index is 2.23. The van der Waals surface area contributed by atoms with E-state index in [-0.39, 0.29) is 12.5 Å². The van der Waals surface area contributed by atoms with Crippen molar-refractivity contribution in [3.8, 4) is 0 Å². The summed E-state index contributed by atoms with van der Waals surface area (Å²) < 4.78 is 5.73. The second-order valence-electron chi connectivity index (χ2n) is 3.86. The number of rotatable bonds is 2. The van der Waals surface area contributed by atoms with Crippen LogP contribution in [-0.4, -0.2) is 47.5 Å². The minimum Gasteiger partial charge on any atom is -0.377 e. The third-order valence-corrected chi connectivity index (χ3v) is 3.12. The van der Waals surface area contributed by atoms with Gasteiger partial charge in [-0.2, -0.15) is 0 Å². The lowest BCUT2D eigenvalue weighted by Crippen LogP contribution is -2.54. The maximum absolute atomic E-state index is 12.3. The molecule has 0 aliphatic carbocycles. The molecule has 96 valence electrons. The monoisotopic (exact) mass is 313 g/mol. The second-order valence-corrected chi connectivity index (χ2v) is 4.67. The number of aromatic nitrogens is 1. The van der Waals surface area contributed by atoms with E-state index in [9.17, 15) is 9.59 Å². The number of carbonyl (C=O) groups is 2. The molecule has 1 unspecified atom stereocenters. The normalized spacial score (nSPS) is 19.6. The quantitative estimate of drug-likeness (QED) is 0.789. The lowest BCUT2D eigenvalue weighted by atomic mass is 10.1. The van der Waals surface area contributed by atoms with E-state index < -0.39 is 11.9 Å². The summed E-state index contributed by atoms with van der Waals surface area (Å²) in [6.45, 7) is 0.904. The van der Waals surface area contributed by atoms with Crippen molar-refractivity contribution < 1.29 is 14.3 Å². The Morgan fingerprint density at radius 1 is 1.56 bits per heavy atom. The molecule has 1 atom stereocenters. The fourth-order valence-corrected chi connectivity index (χ4v) is 2.15. The summed E-state index contributed by atoms with van der Waals surface area (Å²) in [5.41, 5.74) is 5.73. The van der Waals surface area contributed by atoms with Gasteiger partial charge in [-0.05, 0) is 28.1 Å². The first-order valence-electron chi connectivity index (χ1n) is 5.39. The molecule has 2 N–H and O–H groups in total. The summed E-state index contributed by atoms with van der Waals surface area (Å²) >= 11 is 3.20. The van der Waals surface area contributed by atoms with Crippen LogP contribution in [-0.2, 0) is 9.53 Å². The SMILES string of the molecule is NC(=O)C1COCCN1C(=O)c1ccnc(Br)c1. The third kappa shape index (κ3) is 2.68. The van der Waals surface area contributed by atoms with Gasteiger partial charge in [0.25, 0.3) is 5.91 Å². The average Bonchev–Trinajstić information content (AvgIpc) is 2.38. The van der Waals surface area contributed by atoms with Crippen LogP contribution in [0.1, 0.15) is 10.4 Å². The van der Waals surface area contributed by atoms with Crippen molar-refractivity contribution >= 4 is 27.7 Å². The minimum absolute atomic E-state index is 0.146. The number of nitrogens with two attached hydrogens (primary N) is 1. The number of primary amides is 1. The highest BCUT2D eigenvalue weighted by Gasteiger charge is 2.31. The first-order chi connectivity index (χ1) is 8.59. The number of carbonyl (C=O) groups excluding carboxylic acids is 2. The smallest absolute Gasteiger partial charge is 0.254 e. The minimum atomic E-state index is -0.710. The number of halogens is 1. The van der Waals surface area contributed by atoms with E-state index in [2.05, 4.69) is 20.9 Å². The van der Waals surface area contributed by atoms with E-state index in [1.807, 2.05) is 0 Å². The number of morpholine rings is 1. The van der Waals surface area contributed by atoms with Crippen LogP contribution in [0.3, 0.4) is 0 Å². The van der Waals surface area contributed by atoms with Crippen LogP contribution in [0.25, 0.3) is 0 Å². The molecule has 0 radical (unpaired) electrons. The molecule has 1 fully saturated rings. The van der Waals surface area contributed by atoms with E-state index >= 15 is 0 Å². The van der Waals surface area contributed by atoms with Gasteiger partial charge in [0, 0.05) is 18.3 Å². The van der Waals surface area contributed by atoms with Crippen molar-refractivity contribution in [3.05, 3.63) is 28.5 Å². The van der Waals surface area contributed by atoms with Crippen molar-refractivity contribution in [3.63, 3.8) is 0 Å². The summed E-state index contributed by atoms with van der Waals surface area (Å²) in [5.74, 6) is -0.804. The van der Waals surface area contributed by atoms with Crippen LogP contribution in [0.2, 0.25) is 0 Å². The summed E-state index contributed by atoms with van der Waals surface area (Å²) in [6.07, 6.45) is 1.52. The van der Waals surface area contributed by atoms with E-state index in [0.29, 0.717) is 23.3 Å². The molecule has 2 rings (SSSR count). The highest BCUT2D eigenvalue weighted by atomic mass is 79.9.